The molecule has 1 amide bonds. The minimum Gasteiger partial charge on any atom is -0.385 e. The molecule has 5 nitrogen and oxygen atoms in total. The largest absolute Gasteiger partial charge is 0.385 e. The SMILES string of the molecule is COCC[C@@H]1CCCCN1C(=O)c1ccc(-c2cn(C(F)F)nc2C)cc1. The van der Waals surface area contributed by atoms with E-state index in [2.05, 4.69) is 5.10 Å². The number of ether oxygens (including phenoxy) is 1. The first kappa shape index (κ1) is 19.5. The van der Waals surface area contributed by atoms with Crippen LogP contribution in [-0.2, 0) is 4.74 Å². The van der Waals surface area contributed by atoms with E-state index in [0.717, 1.165) is 37.8 Å². The van der Waals surface area contributed by atoms with Gasteiger partial charge in [0.05, 0.1) is 5.69 Å². The Balaban J connectivity index is 1.77. The van der Waals surface area contributed by atoms with Crippen molar-refractivity contribution in [2.75, 3.05) is 20.3 Å². The van der Waals surface area contributed by atoms with E-state index in [1.807, 2.05) is 4.90 Å². The number of carbonyl (C=O) groups is 1. The Morgan fingerprint density at radius 2 is 2.04 bits per heavy atom. The topological polar surface area (TPSA) is 47.4 Å². The summed E-state index contributed by atoms with van der Waals surface area (Å²) in [5.41, 5.74) is 2.56. The molecule has 1 fully saturated rings. The minimum absolute atomic E-state index is 0.0161. The number of benzene rings is 1. The molecule has 7 heteroatoms. The summed E-state index contributed by atoms with van der Waals surface area (Å²) in [6.07, 6.45) is 5.32. The lowest BCUT2D eigenvalue weighted by molar-refractivity contribution is 0.0551. The van der Waals surface area contributed by atoms with Crippen LogP contribution in [0.2, 0.25) is 0 Å². The Morgan fingerprint density at radius 3 is 2.67 bits per heavy atom. The zero-order chi connectivity index (χ0) is 19.4. The second-order valence-electron chi connectivity index (χ2n) is 6.89. The molecule has 0 unspecified atom stereocenters. The fourth-order valence-corrected chi connectivity index (χ4v) is 3.65. The molecular weight excluding hydrogens is 352 g/mol. The van der Waals surface area contributed by atoms with Crippen LogP contribution in [-0.4, -0.2) is 46.9 Å². The summed E-state index contributed by atoms with van der Waals surface area (Å²) in [5.74, 6) is 0.0161. The van der Waals surface area contributed by atoms with E-state index in [0.29, 0.717) is 28.1 Å². The van der Waals surface area contributed by atoms with Crippen LogP contribution in [0, 0.1) is 6.92 Å². The van der Waals surface area contributed by atoms with E-state index >= 15 is 0 Å². The Morgan fingerprint density at radius 1 is 1.30 bits per heavy atom. The highest BCUT2D eigenvalue weighted by molar-refractivity contribution is 5.95. The molecule has 1 aromatic carbocycles. The molecule has 146 valence electrons. The van der Waals surface area contributed by atoms with Crippen LogP contribution in [0.5, 0.6) is 0 Å². The molecule has 0 bridgehead atoms. The smallest absolute Gasteiger partial charge is 0.333 e. The lowest BCUT2D eigenvalue weighted by Gasteiger charge is -2.36. The fraction of sp³-hybridized carbons (Fsp3) is 0.500. The van der Waals surface area contributed by atoms with Gasteiger partial charge in [0, 0.05) is 43.6 Å². The number of hydrogen-bond donors (Lipinski definition) is 0. The summed E-state index contributed by atoms with van der Waals surface area (Å²) in [6, 6.07) is 7.32. The molecule has 1 aromatic heterocycles. The lowest BCUT2D eigenvalue weighted by atomic mass is 9.98. The number of alkyl halides is 2. The zero-order valence-corrected chi connectivity index (χ0v) is 15.7. The van der Waals surface area contributed by atoms with Crippen LogP contribution in [0.1, 0.15) is 48.3 Å². The van der Waals surface area contributed by atoms with Crippen molar-refractivity contribution in [3.8, 4) is 11.1 Å². The summed E-state index contributed by atoms with van der Waals surface area (Å²) in [4.78, 5) is 14.9. The molecule has 0 aliphatic carbocycles. The first-order valence-electron chi connectivity index (χ1n) is 9.25. The van der Waals surface area contributed by atoms with Gasteiger partial charge < -0.3 is 9.64 Å². The average Bonchev–Trinajstić information content (AvgIpc) is 3.08. The van der Waals surface area contributed by atoms with E-state index in [1.54, 1.807) is 38.3 Å². The van der Waals surface area contributed by atoms with E-state index < -0.39 is 6.55 Å². The molecular formula is C20H25F2N3O2. The van der Waals surface area contributed by atoms with Gasteiger partial charge in [-0.15, -0.1) is 0 Å². The van der Waals surface area contributed by atoms with Crippen LogP contribution < -0.4 is 0 Å². The molecule has 0 radical (unpaired) electrons. The maximum Gasteiger partial charge on any atom is 0.333 e. The summed E-state index contributed by atoms with van der Waals surface area (Å²) < 4.78 is 31.5. The molecule has 1 aliphatic rings. The van der Waals surface area contributed by atoms with E-state index in [4.69, 9.17) is 4.74 Å². The van der Waals surface area contributed by atoms with Gasteiger partial charge >= 0.3 is 6.55 Å². The Labute approximate surface area is 157 Å². The number of hydrogen-bond acceptors (Lipinski definition) is 3. The number of likely N-dealkylation sites (tertiary alicyclic amines) is 1. The molecule has 0 spiro atoms. The van der Waals surface area contributed by atoms with Gasteiger partial charge in [0.15, 0.2) is 0 Å². The molecule has 0 saturated carbocycles. The van der Waals surface area contributed by atoms with Crippen LogP contribution >= 0.6 is 0 Å². The molecule has 3 rings (SSSR count). The maximum absolute atomic E-state index is 13.0. The molecule has 27 heavy (non-hydrogen) atoms. The quantitative estimate of drug-likeness (QED) is 0.755. The van der Waals surface area contributed by atoms with Crippen molar-refractivity contribution in [2.24, 2.45) is 0 Å². The second kappa shape index (κ2) is 8.61. The summed E-state index contributed by atoms with van der Waals surface area (Å²) in [6.45, 7) is 0.429. The number of carbonyl (C=O) groups excluding carboxylic acids is 1. The third kappa shape index (κ3) is 4.35. The predicted molar refractivity (Wildman–Crippen MR) is 98.8 cm³/mol. The first-order valence-corrected chi connectivity index (χ1v) is 9.25. The van der Waals surface area contributed by atoms with Crippen LogP contribution in [0.4, 0.5) is 8.78 Å². The number of methoxy groups -OCH3 is 1. The Hall–Kier alpha value is -2.28. The summed E-state index contributed by atoms with van der Waals surface area (Å²) in [5, 5.41) is 3.84. The van der Waals surface area contributed by atoms with Crippen molar-refractivity contribution in [2.45, 2.75) is 45.2 Å². The molecule has 1 aliphatic heterocycles. The van der Waals surface area contributed by atoms with Gasteiger partial charge in [-0.3, -0.25) is 4.79 Å². The second-order valence-corrected chi connectivity index (χ2v) is 6.89. The number of halogens is 2. The molecule has 2 aromatic rings. The number of rotatable bonds is 6. The normalized spacial score (nSPS) is 17.5. The Kier molecular flexibility index (Phi) is 6.21. The van der Waals surface area contributed by atoms with Gasteiger partial charge in [0.2, 0.25) is 0 Å². The third-order valence-electron chi connectivity index (χ3n) is 5.10. The van der Waals surface area contributed by atoms with Gasteiger partial charge in [-0.05, 0) is 50.3 Å². The molecule has 1 saturated heterocycles. The van der Waals surface area contributed by atoms with Gasteiger partial charge in [0.1, 0.15) is 0 Å². The van der Waals surface area contributed by atoms with Gasteiger partial charge in [-0.1, -0.05) is 12.1 Å². The maximum atomic E-state index is 13.0. The standard InChI is InChI=1S/C20H25F2N3O2/c1-14-18(13-25(23-14)20(21)22)15-6-8-16(9-7-15)19(26)24-11-4-3-5-17(24)10-12-27-2/h6-9,13,17,20H,3-5,10-12H2,1-2H3/t17-/m0/s1. The average molecular weight is 377 g/mol. The highest BCUT2D eigenvalue weighted by atomic mass is 19.3. The zero-order valence-electron chi connectivity index (χ0n) is 15.7. The van der Waals surface area contributed by atoms with Crippen molar-refractivity contribution in [3.05, 3.63) is 41.7 Å². The summed E-state index contributed by atoms with van der Waals surface area (Å²) in [7, 11) is 1.67. The highest BCUT2D eigenvalue weighted by Gasteiger charge is 2.27. The molecule has 2 heterocycles. The van der Waals surface area contributed by atoms with Gasteiger partial charge in [-0.2, -0.15) is 13.9 Å². The van der Waals surface area contributed by atoms with Crippen molar-refractivity contribution in [1.82, 2.24) is 14.7 Å². The van der Waals surface area contributed by atoms with Crippen LogP contribution in [0.3, 0.4) is 0 Å². The Bertz CT molecular complexity index is 774. The number of aryl methyl sites for hydroxylation is 1. The molecule has 0 N–H and O–H groups in total. The summed E-state index contributed by atoms with van der Waals surface area (Å²) >= 11 is 0. The van der Waals surface area contributed by atoms with Crippen molar-refractivity contribution in [1.29, 1.82) is 0 Å². The van der Waals surface area contributed by atoms with E-state index in [-0.39, 0.29) is 11.9 Å². The molecule has 1 atom stereocenters. The van der Waals surface area contributed by atoms with Crippen molar-refractivity contribution >= 4 is 5.91 Å². The fourth-order valence-electron chi connectivity index (χ4n) is 3.65. The first-order chi connectivity index (χ1) is 13.0. The highest BCUT2D eigenvalue weighted by Crippen LogP contribution is 2.27. The minimum atomic E-state index is -2.67. The van der Waals surface area contributed by atoms with Gasteiger partial charge in [-0.25, -0.2) is 4.68 Å². The number of nitrogens with zero attached hydrogens (tertiary/aromatic N) is 3. The van der Waals surface area contributed by atoms with Gasteiger partial charge in [0.25, 0.3) is 5.91 Å². The van der Waals surface area contributed by atoms with Crippen LogP contribution in [0.25, 0.3) is 11.1 Å². The monoisotopic (exact) mass is 377 g/mol. The number of piperidine rings is 1. The van der Waals surface area contributed by atoms with Crippen molar-refractivity contribution < 1.29 is 18.3 Å². The van der Waals surface area contributed by atoms with Crippen LogP contribution in [0.15, 0.2) is 30.5 Å². The number of aromatic nitrogens is 2. The lowest BCUT2D eigenvalue weighted by Crippen LogP contribution is -2.44. The predicted octanol–water partition coefficient (Wildman–Crippen LogP) is 4.28. The third-order valence-corrected chi connectivity index (χ3v) is 5.10. The van der Waals surface area contributed by atoms with Crippen molar-refractivity contribution in [3.63, 3.8) is 0 Å². The van der Waals surface area contributed by atoms with E-state index in [9.17, 15) is 13.6 Å². The number of amides is 1. The van der Waals surface area contributed by atoms with E-state index in [1.165, 1.54) is 6.20 Å².